The first-order valence-electron chi connectivity index (χ1n) is 9.46. The van der Waals surface area contributed by atoms with Gasteiger partial charge < -0.3 is 10.1 Å². The second kappa shape index (κ2) is 7.74. The summed E-state index contributed by atoms with van der Waals surface area (Å²) in [6, 6.07) is 12.2. The summed E-state index contributed by atoms with van der Waals surface area (Å²) in [6.45, 7) is 1.26. The number of aromatic nitrogens is 4. The van der Waals surface area contributed by atoms with Crippen molar-refractivity contribution in [1.82, 2.24) is 18.7 Å². The van der Waals surface area contributed by atoms with Crippen LogP contribution >= 0.6 is 11.7 Å². The molecule has 2 N–H and O–H groups in total. The zero-order valence-electron chi connectivity index (χ0n) is 15.8. The van der Waals surface area contributed by atoms with Crippen molar-refractivity contribution >= 4 is 55.5 Å². The summed E-state index contributed by atoms with van der Waals surface area (Å²) in [5.41, 5.74) is 2.12. The van der Waals surface area contributed by atoms with Crippen molar-refractivity contribution in [2.24, 2.45) is 0 Å². The molecule has 4 aromatic rings. The van der Waals surface area contributed by atoms with Gasteiger partial charge in [-0.05, 0) is 37.1 Å². The lowest BCUT2D eigenvalue weighted by molar-refractivity contribution is 0.120. The maximum atomic E-state index is 13.2. The molecule has 0 bridgehead atoms. The third kappa shape index (κ3) is 3.66. The van der Waals surface area contributed by atoms with Crippen LogP contribution in [0.2, 0.25) is 0 Å². The summed E-state index contributed by atoms with van der Waals surface area (Å²) in [5.74, 6) is 0.489. The van der Waals surface area contributed by atoms with Crippen LogP contribution in [0.25, 0.3) is 22.1 Å². The third-order valence-electron chi connectivity index (χ3n) is 4.86. The number of fused-ring (bicyclic) bond motifs is 2. The molecule has 0 amide bonds. The van der Waals surface area contributed by atoms with E-state index in [1.54, 1.807) is 18.2 Å². The molecule has 2 aromatic heterocycles. The molecule has 1 aliphatic rings. The number of anilines is 2. The van der Waals surface area contributed by atoms with Crippen molar-refractivity contribution in [3.05, 3.63) is 42.5 Å². The normalized spacial score (nSPS) is 16.9. The molecular weight excluding hydrogens is 424 g/mol. The van der Waals surface area contributed by atoms with E-state index in [1.807, 2.05) is 18.2 Å². The van der Waals surface area contributed by atoms with Crippen LogP contribution in [-0.2, 0) is 14.8 Å². The highest BCUT2D eigenvalue weighted by Gasteiger charge is 2.23. The molecule has 3 heterocycles. The number of ether oxygens (including phenoxy) is 1. The van der Waals surface area contributed by atoms with Crippen molar-refractivity contribution in [2.45, 2.75) is 23.8 Å². The van der Waals surface area contributed by atoms with E-state index >= 15 is 0 Å². The molecule has 1 saturated heterocycles. The Balaban J connectivity index is 1.53. The van der Waals surface area contributed by atoms with E-state index < -0.39 is 10.0 Å². The molecule has 154 valence electrons. The van der Waals surface area contributed by atoms with Gasteiger partial charge in [-0.2, -0.15) is 8.75 Å². The van der Waals surface area contributed by atoms with Crippen LogP contribution in [0.1, 0.15) is 12.8 Å². The molecule has 1 fully saturated rings. The molecule has 0 unspecified atom stereocenters. The Morgan fingerprint density at radius 3 is 2.53 bits per heavy atom. The molecule has 0 radical (unpaired) electrons. The number of benzene rings is 2. The highest BCUT2D eigenvalue weighted by molar-refractivity contribution is 7.93. The summed E-state index contributed by atoms with van der Waals surface area (Å²) in [7, 11) is -3.96. The Morgan fingerprint density at radius 2 is 1.77 bits per heavy atom. The highest BCUT2D eigenvalue weighted by Crippen LogP contribution is 2.27. The van der Waals surface area contributed by atoms with E-state index in [0.29, 0.717) is 34.4 Å². The van der Waals surface area contributed by atoms with Gasteiger partial charge in [-0.25, -0.2) is 18.4 Å². The second-order valence-electron chi connectivity index (χ2n) is 6.92. The van der Waals surface area contributed by atoms with Crippen molar-refractivity contribution < 1.29 is 13.2 Å². The molecule has 11 heteroatoms. The summed E-state index contributed by atoms with van der Waals surface area (Å²) < 4.78 is 42.8. The highest BCUT2D eigenvalue weighted by atomic mass is 32.2. The van der Waals surface area contributed by atoms with Crippen molar-refractivity contribution in [3.8, 4) is 0 Å². The number of sulfonamides is 1. The van der Waals surface area contributed by atoms with Crippen LogP contribution in [0.5, 0.6) is 0 Å². The number of hydrogen-bond acceptors (Lipinski definition) is 9. The first-order chi connectivity index (χ1) is 14.6. The van der Waals surface area contributed by atoms with Crippen molar-refractivity contribution in [2.75, 3.05) is 23.2 Å². The van der Waals surface area contributed by atoms with Gasteiger partial charge in [-0.3, -0.25) is 4.72 Å². The van der Waals surface area contributed by atoms with Gasteiger partial charge in [0, 0.05) is 13.2 Å². The maximum absolute atomic E-state index is 13.2. The fourth-order valence-corrected chi connectivity index (χ4v) is 5.17. The molecule has 1 atom stereocenters. The molecule has 30 heavy (non-hydrogen) atoms. The SMILES string of the molecule is O=S(=O)(Nc1nc2ccccc2nc1NC[C@@H]1CCCO1)c1cccc2nsnc12. The lowest BCUT2D eigenvalue weighted by atomic mass is 10.2. The van der Waals surface area contributed by atoms with E-state index in [4.69, 9.17) is 4.74 Å². The number of nitrogens with one attached hydrogen (secondary N) is 2. The minimum atomic E-state index is -3.96. The maximum Gasteiger partial charge on any atom is 0.265 e. The van der Waals surface area contributed by atoms with Gasteiger partial charge in [-0.15, -0.1) is 0 Å². The number of para-hydroxylation sites is 2. The lowest BCUT2D eigenvalue weighted by Crippen LogP contribution is -2.21. The standard InChI is InChI=1S/C19H18N6O3S2/c26-30(27,16-9-3-8-15-17(16)24-29-23-15)25-19-18(20-11-12-5-4-10-28-12)21-13-6-1-2-7-14(13)22-19/h1-3,6-9,12H,4-5,10-11H2,(H,20,21)(H,22,25)/t12-/m0/s1. The molecule has 5 rings (SSSR count). The van der Waals surface area contributed by atoms with E-state index in [-0.39, 0.29) is 16.8 Å². The predicted octanol–water partition coefficient (Wildman–Crippen LogP) is 3.03. The van der Waals surface area contributed by atoms with Gasteiger partial charge in [0.15, 0.2) is 11.6 Å². The monoisotopic (exact) mass is 442 g/mol. The van der Waals surface area contributed by atoms with Crippen LogP contribution < -0.4 is 10.0 Å². The summed E-state index contributed by atoms with van der Waals surface area (Å²) >= 11 is 0.970. The fourth-order valence-electron chi connectivity index (χ4n) is 3.39. The minimum Gasteiger partial charge on any atom is -0.376 e. The molecule has 1 aliphatic heterocycles. The van der Waals surface area contributed by atoms with Gasteiger partial charge in [0.2, 0.25) is 0 Å². The van der Waals surface area contributed by atoms with E-state index in [9.17, 15) is 8.42 Å². The Kier molecular flexibility index (Phi) is 4.93. The molecule has 0 spiro atoms. The Labute approximate surface area is 176 Å². The van der Waals surface area contributed by atoms with Crippen LogP contribution in [0.3, 0.4) is 0 Å². The summed E-state index contributed by atoms with van der Waals surface area (Å²) in [4.78, 5) is 9.14. The van der Waals surface area contributed by atoms with Crippen molar-refractivity contribution in [1.29, 1.82) is 0 Å². The molecule has 2 aromatic carbocycles. The van der Waals surface area contributed by atoms with E-state index in [2.05, 4.69) is 28.8 Å². The first kappa shape index (κ1) is 19.1. The molecule has 0 saturated carbocycles. The van der Waals surface area contributed by atoms with Gasteiger partial charge in [0.1, 0.15) is 15.9 Å². The van der Waals surface area contributed by atoms with Crippen LogP contribution in [0.15, 0.2) is 47.4 Å². The minimum absolute atomic E-state index is 0.0498. The quantitative estimate of drug-likeness (QED) is 0.468. The predicted molar refractivity (Wildman–Crippen MR) is 115 cm³/mol. The van der Waals surface area contributed by atoms with Gasteiger partial charge >= 0.3 is 0 Å². The first-order valence-corrected chi connectivity index (χ1v) is 11.7. The average Bonchev–Trinajstić information content (AvgIpc) is 3.43. The molecule has 9 nitrogen and oxygen atoms in total. The van der Waals surface area contributed by atoms with Gasteiger partial charge in [0.25, 0.3) is 10.0 Å². The van der Waals surface area contributed by atoms with E-state index in [1.165, 1.54) is 6.07 Å². The smallest absolute Gasteiger partial charge is 0.265 e. The zero-order valence-corrected chi connectivity index (χ0v) is 17.4. The molecular formula is C19H18N6O3S2. The largest absolute Gasteiger partial charge is 0.376 e. The summed E-state index contributed by atoms with van der Waals surface area (Å²) in [5, 5.41) is 3.20. The average molecular weight is 443 g/mol. The Bertz CT molecular complexity index is 1320. The third-order valence-corrected chi connectivity index (χ3v) is 6.77. The van der Waals surface area contributed by atoms with Gasteiger partial charge in [-0.1, -0.05) is 18.2 Å². The van der Waals surface area contributed by atoms with Crippen LogP contribution in [0, 0.1) is 0 Å². The lowest BCUT2D eigenvalue weighted by Gasteiger charge is -2.16. The van der Waals surface area contributed by atoms with E-state index in [0.717, 1.165) is 31.2 Å². The Morgan fingerprint density at radius 1 is 1.00 bits per heavy atom. The summed E-state index contributed by atoms with van der Waals surface area (Å²) in [6.07, 6.45) is 2.03. The van der Waals surface area contributed by atoms with Gasteiger partial charge in [0.05, 0.1) is 28.9 Å². The van der Waals surface area contributed by atoms with Crippen LogP contribution in [-0.4, -0.2) is 46.4 Å². The second-order valence-corrected chi connectivity index (χ2v) is 9.10. The fraction of sp³-hybridized carbons (Fsp3) is 0.263. The van der Waals surface area contributed by atoms with Crippen LogP contribution in [0.4, 0.5) is 11.6 Å². The topological polar surface area (TPSA) is 119 Å². The molecule has 0 aliphatic carbocycles. The number of nitrogens with zero attached hydrogens (tertiary/aromatic N) is 4. The zero-order chi connectivity index (χ0) is 20.6. The number of rotatable bonds is 6. The number of hydrogen-bond donors (Lipinski definition) is 2. The van der Waals surface area contributed by atoms with Crippen molar-refractivity contribution in [3.63, 3.8) is 0 Å². The Hall–Kier alpha value is -2.89.